The maximum atomic E-state index is 4.21. The Kier molecular flexibility index (Phi) is 4.69. The quantitative estimate of drug-likeness (QED) is 0.882. The van der Waals surface area contributed by atoms with E-state index >= 15 is 0 Å². The van der Waals surface area contributed by atoms with Gasteiger partial charge in [-0.25, -0.2) is 0 Å². The molecule has 0 aliphatic rings. The molecule has 0 aliphatic carbocycles. The van der Waals surface area contributed by atoms with Crippen LogP contribution in [0.3, 0.4) is 0 Å². The molecule has 1 heterocycles. The van der Waals surface area contributed by atoms with Gasteiger partial charge in [0.25, 0.3) is 0 Å². The molecular formula is C17H22N2. The van der Waals surface area contributed by atoms with Gasteiger partial charge in [-0.3, -0.25) is 4.98 Å². The van der Waals surface area contributed by atoms with Crippen LogP contribution in [0.5, 0.6) is 0 Å². The number of hydrogen-bond acceptors (Lipinski definition) is 2. The number of pyridine rings is 1. The average molecular weight is 254 g/mol. The van der Waals surface area contributed by atoms with E-state index in [4.69, 9.17) is 0 Å². The molecule has 100 valence electrons. The third-order valence-electron chi connectivity index (χ3n) is 3.50. The second-order valence-corrected chi connectivity index (χ2v) is 4.98. The predicted octanol–water partition coefficient (Wildman–Crippen LogP) is 3.59. The van der Waals surface area contributed by atoms with E-state index in [0.717, 1.165) is 13.0 Å². The summed E-state index contributed by atoms with van der Waals surface area (Å²) in [7, 11) is 0. The average Bonchev–Trinajstić information content (AvgIpc) is 2.40. The van der Waals surface area contributed by atoms with Crippen molar-refractivity contribution < 1.29 is 0 Å². The highest BCUT2D eigenvalue weighted by Gasteiger charge is 2.15. The van der Waals surface area contributed by atoms with Gasteiger partial charge in [0.2, 0.25) is 0 Å². The zero-order valence-electron chi connectivity index (χ0n) is 12.0. The van der Waals surface area contributed by atoms with Gasteiger partial charge in [0.05, 0.1) is 0 Å². The van der Waals surface area contributed by atoms with Gasteiger partial charge in [-0.05, 0) is 55.1 Å². The van der Waals surface area contributed by atoms with E-state index in [1.165, 1.54) is 22.3 Å². The lowest BCUT2D eigenvalue weighted by Crippen LogP contribution is -2.24. The fraction of sp³-hybridized carbons (Fsp3) is 0.353. The summed E-state index contributed by atoms with van der Waals surface area (Å²) in [4.78, 5) is 4.21. The van der Waals surface area contributed by atoms with Crippen molar-refractivity contribution in [1.82, 2.24) is 10.3 Å². The molecule has 0 fully saturated rings. The standard InChI is InChI=1S/C17H22N2/c1-4-19-16(11-15-9-6-10-18-12-15)17-13(2)7-5-8-14(17)3/h5-10,12,16,19H,4,11H2,1-3H3. The molecule has 2 nitrogen and oxygen atoms in total. The number of aryl methyl sites for hydroxylation is 2. The maximum absolute atomic E-state index is 4.21. The number of hydrogen-bond donors (Lipinski definition) is 1. The van der Waals surface area contributed by atoms with Crippen LogP contribution in [0, 0.1) is 13.8 Å². The Balaban J connectivity index is 2.30. The summed E-state index contributed by atoms with van der Waals surface area (Å²) >= 11 is 0. The molecule has 0 saturated heterocycles. The molecule has 1 N–H and O–H groups in total. The largest absolute Gasteiger partial charge is 0.310 e. The van der Waals surface area contributed by atoms with E-state index in [-0.39, 0.29) is 0 Å². The molecule has 2 heteroatoms. The molecule has 0 saturated carbocycles. The number of aromatic nitrogens is 1. The number of rotatable bonds is 5. The first-order valence-electron chi connectivity index (χ1n) is 6.90. The Morgan fingerprint density at radius 2 is 1.84 bits per heavy atom. The summed E-state index contributed by atoms with van der Waals surface area (Å²) in [5, 5.41) is 3.60. The lowest BCUT2D eigenvalue weighted by atomic mass is 9.92. The van der Waals surface area contributed by atoms with Crippen LogP contribution in [0.15, 0.2) is 42.7 Å². The van der Waals surface area contributed by atoms with Crippen molar-refractivity contribution in [2.75, 3.05) is 6.54 Å². The molecule has 2 aromatic rings. The summed E-state index contributed by atoms with van der Waals surface area (Å²) in [5.74, 6) is 0. The molecule has 1 unspecified atom stereocenters. The van der Waals surface area contributed by atoms with Crippen LogP contribution in [0.4, 0.5) is 0 Å². The van der Waals surface area contributed by atoms with Gasteiger partial charge in [0.1, 0.15) is 0 Å². The Morgan fingerprint density at radius 3 is 2.42 bits per heavy atom. The minimum Gasteiger partial charge on any atom is -0.310 e. The van der Waals surface area contributed by atoms with Crippen LogP contribution in [0.1, 0.15) is 35.2 Å². The molecule has 0 aliphatic heterocycles. The van der Waals surface area contributed by atoms with Gasteiger partial charge in [-0.2, -0.15) is 0 Å². The van der Waals surface area contributed by atoms with Crippen LogP contribution >= 0.6 is 0 Å². The molecule has 2 rings (SSSR count). The maximum Gasteiger partial charge on any atom is 0.0366 e. The lowest BCUT2D eigenvalue weighted by molar-refractivity contribution is 0.544. The third kappa shape index (κ3) is 3.42. The highest BCUT2D eigenvalue weighted by molar-refractivity contribution is 5.37. The third-order valence-corrected chi connectivity index (χ3v) is 3.50. The molecule has 19 heavy (non-hydrogen) atoms. The van der Waals surface area contributed by atoms with Gasteiger partial charge < -0.3 is 5.32 Å². The predicted molar refractivity (Wildman–Crippen MR) is 80.3 cm³/mol. The Labute approximate surface area is 115 Å². The monoisotopic (exact) mass is 254 g/mol. The molecular weight excluding hydrogens is 232 g/mol. The fourth-order valence-electron chi connectivity index (χ4n) is 2.65. The van der Waals surface area contributed by atoms with Gasteiger partial charge in [0, 0.05) is 18.4 Å². The van der Waals surface area contributed by atoms with Crippen molar-refractivity contribution in [2.24, 2.45) is 0 Å². The van der Waals surface area contributed by atoms with Crippen molar-refractivity contribution in [3.63, 3.8) is 0 Å². The van der Waals surface area contributed by atoms with Crippen molar-refractivity contribution in [1.29, 1.82) is 0 Å². The number of benzene rings is 1. The highest BCUT2D eigenvalue weighted by Crippen LogP contribution is 2.24. The molecule has 0 radical (unpaired) electrons. The Hall–Kier alpha value is -1.67. The van der Waals surface area contributed by atoms with Crippen LogP contribution < -0.4 is 5.32 Å². The Morgan fingerprint density at radius 1 is 1.11 bits per heavy atom. The van der Waals surface area contributed by atoms with Crippen LogP contribution in [0.2, 0.25) is 0 Å². The zero-order valence-corrected chi connectivity index (χ0v) is 12.0. The van der Waals surface area contributed by atoms with Gasteiger partial charge in [-0.15, -0.1) is 0 Å². The highest BCUT2D eigenvalue weighted by atomic mass is 14.9. The van der Waals surface area contributed by atoms with Crippen molar-refractivity contribution in [3.05, 3.63) is 65.0 Å². The molecule has 1 aromatic carbocycles. The summed E-state index contributed by atoms with van der Waals surface area (Å²) < 4.78 is 0. The zero-order chi connectivity index (χ0) is 13.7. The van der Waals surface area contributed by atoms with Crippen LogP contribution in [-0.2, 0) is 6.42 Å². The van der Waals surface area contributed by atoms with Gasteiger partial charge in [0.15, 0.2) is 0 Å². The first kappa shape index (κ1) is 13.8. The molecule has 0 bridgehead atoms. The smallest absolute Gasteiger partial charge is 0.0366 e. The van der Waals surface area contributed by atoms with Crippen molar-refractivity contribution in [2.45, 2.75) is 33.2 Å². The summed E-state index contributed by atoms with van der Waals surface area (Å²) in [5.41, 5.74) is 5.41. The topological polar surface area (TPSA) is 24.9 Å². The van der Waals surface area contributed by atoms with Gasteiger partial charge >= 0.3 is 0 Å². The van der Waals surface area contributed by atoms with Crippen molar-refractivity contribution in [3.8, 4) is 0 Å². The number of nitrogens with zero attached hydrogens (tertiary/aromatic N) is 1. The molecule has 0 amide bonds. The van der Waals surface area contributed by atoms with E-state index < -0.39 is 0 Å². The van der Waals surface area contributed by atoms with E-state index in [0.29, 0.717) is 6.04 Å². The minimum atomic E-state index is 0.357. The lowest BCUT2D eigenvalue weighted by Gasteiger charge is -2.22. The second kappa shape index (κ2) is 6.48. The van der Waals surface area contributed by atoms with E-state index in [1.807, 2.05) is 18.5 Å². The summed E-state index contributed by atoms with van der Waals surface area (Å²) in [6, 6.07) is 11.0. The van der Waals surface area contributed by atoms with Crippen molar-refractivity contribution >= 4 is 0 Å². The second-order valence-electron chi connectivity index (χ2n) is 4.98. The fourth-order valence-corrected chi connectivity index (χ4v) is 2.65. The molecule has 1 aromatic heterocycles. The van der Waals surface area contributed by atoms with E-state index in [1.54, 1.807) is 0 Å². The van der Waals surface area contributed by atoms with E-state index in [2.05, 4.69) is 55.3 Å². The van der Waals surface area contributed by atoms with Gasteiger partial charge in [-0.1, -0.05) is 31.2 Å². The summed E-state index contributed by atoms with van der Waals surface area (Å²) in [6.45, 7) is 7.51. The Bertz CT molecular complexity index is 500. The number of nitrogens with one attached hydrogen (secondary N) is 1. The SMILES string of the molecule is CCNC(Cc1cccnc1)c1c(C)cccc1C. The van der Waals surface area contributed by atoms with Crippen LogP contribution in [0.25, 0.3) is 0 Å². The first-order valence-corrected chi connectivity index (χ1v) is 6.90. The molecule has 0 spiro atoms. The normalized spacial score (nSPS) is 12.4. The first-order chi connectivity index (χ1) is 9.22. The minimum absolute atomic E-state index is 0.357. The van der Waals surface area contributed by atoms with E-state index in [9.17, 15) is 0 Å². The molecule has 1 atom stereocenters. The summed E-state index contributed by atoms with van der Waals surface area (Å²) in [6.07, 6.45) is 4.76. The van der Waals surface area contributed by atoms with Crippen LogP contribution in [-0.4, -0.2) is 11.5 Å². The number of likely N-dealkylation sites (N-methyl/N-ethyl adjacent to an activating group) is 1.